The Morgan fingerprint density at radius 2 is 2.15 bits per heavy atom. The van der Waals surface area contributed by atoms with E-state index in [0.29, 0.717) is 0 Å². The number of aliphatic hydroxyl groups is 1. The van der Waals surface area contributed by atoms with E-state index in [4.69, 9.17) is 0 Å². The first-order valence-electron chi connectivity index (χ1n) is 7.24. The monoisotopic (exact) mass is 271 g/mol. The number of nitrogens with one attached hydrogen (secondary N) is 1. The summed E-state index contributed by atoms with van der Waals surface area (Å²) >= 11 is 0. The normalized spacial score (nSPS) is 17.4. The highest BCUT2D eigenvalue weighted by atomic mass is 16.3. The fourth-order valence-electron chi connectivity index (χ4n) is 2.40. The maximum atomic E-state index is 10.1. The molecule has 1 saturated carbocycles. The summed E-state index contributed by atoms with van der Waals surface area (Å²) in [6.07, 6.45) is 6.46. The molecular formula is C18H25NO. The van der Waals surface area contributed by atoms with E-state index in [9.17, 15) is 5.11 Å². The smallest absolute Gasteiger partial charge is 0.0840 e. The van der Waals surface area contributed by atoms with Gasteiger partial charge in [-0.2, -0.15) is 0 Å². The van der Waals surface area contributed by atoms with Gasteiger partial charge in [0.1, 0.15) is 0 Å². The highest BCUT2D eigenvalue weighted by Gasteiger charge is 2.43. The molecule has 1 aromatic rings. The molecule has 0 amide bonds. The molecule has 0 bridgehead atoms. The second-order valence-corrected chi connectivity index (χ2v) is 6.35. The summed E-state index contributed by atoms with van der Waals surface area (Å²) in [5.41, 5.74) is 2.63. The van der Waals surface area contributed by atoms with Crippen molar-refractivity contribution < 1.29 is 5.11 Å². The SMILES string of the molecule is C=C(C)/C=C/CNC1(c2cccc(C(C)(C)O)c2)CC1. The maximum absolute atomic E-state index is 10.1. The van der Waals surface area contributed by atoms with E-state index in [-0.39, 0.29) is 5.54 Å². The summed E-state index contributed by atoms with van der Waals surface area (Å²) in [5, 5.41) is 13.7. The Bertz CT molecular complexity index is 518. The van der Waals surface area contributed by atoms with Crippen LogP contribution in [-0.2, 0) is 11.1 Å². The number of hydrogen-bond acceptors (Lipinski definition) is 2. The number of allylic oxidation sites excluding steroid dienone is 2. The van der Waals surface area contributed by atoms with Crippen molar-refractivity contribution in [3.05, 3.63) is 59.7 Å². The van der Waals surface area contributed by atoms with Gasteiger partial charge in [-0.05, 0) is 44.7 Å². The van der Waals surface area contributed by atoms with Crippen LogP contribution in [0.25, 0.3) is 0 Å². The lowest BCUT2D eigenvalue weighted by molar-refractivity contribution is 0.0784. The maximum Gasteiger partial charge on any atom is 0.0840 e. The van der Waals surface area contributed by atoms with Crippen molar-refractivity contribution in [2.75, 3.05) is 6.54 Å². The zero-order valence-corrected chi connectivity index (χ0v) is 12.7. The molecular weight excluding hydrogens is 246 g/mol. The molecule has 1 fully saturated rings. The highest BCUT2D eigenvalue weighted by molar-refractivity contribution is 5.36. The number of benzene rings is 1. The molecule has 0 radical (unpaired) electrons. The van der Waals surface area contributed by atoms with Gasteiger partial charge in [-0.15, -0.1) is 0 Å². The van der Waals surface area contributed by atoms with Crippen LogP contribution < -0.4 is 5.32 Å². The summed E-state index contributed by atoms with van der Waals surface area (Å²) < 4.78 is 0. The molecule has 2 heteroatoms. The second kappa shape index (κ2) is 5.55. The number of hydrogen-bond donors (Lipinski definition) is 2. The Morgan fingerprint density at radius 1 is 1.45 bits per heavy atom. The minimum absolute atomic E-state index is 0.0979. The van der Waals surface area contributed by atoms with Crippen LogP contribution in [0.4, 0.5) is 0 Å². The van der Waals surface area contributed by atoms with Gasteiger partial charge in [0.2, 0.25) is 0 Å². The molecule has 2 nitrogen and oxygen atoms in total. The van der Waals surface area contributed by atoms with Crippen LogP contribution in [0.3, 0.4) is 0 Å². The molecule has 2 N–H and O–H groups in total. The van der Waals surface area contributed by atoms with Crippen molar-refractivity contribution in [3.8, 4) is 0 Å². The molecule has 20 heavy (non-hydrogen) atoms. The largest absolute Gasteiger partial charge is 0.386 e. The Morgan fingerprint density at radius 3 is 2.70 bits per heavy atom. The van der Waals surface area contributed by atoms with Crippen LogP contribution in [0, 0.1) is 0 Å². The van der Waals surface area contributed by atoms with E-state index < -0.39 is 5.60 Å². The van der Waals surface area contributed by atoms with E-state index in [1.807, 2.05) is 39.0 Å². The molecule has 0 heterocycles. The lowest BCUT2D eigenvalue weighted by Crippen LogP contribution is -2.29. The molecule has 0 saturated heterocycles. The Hall–Kier alpha value is -1.38. The predicted molar refractivity (Wildman–Crippen MR) is 84.6 cm³/mol. The van der Waals surface area contributed by atoms with E-state index in [0.717, 1.165) is 30.5 Å². The first-order valence-corrected chi connectivity index (χ1v) is 7.24. The van der Waals surface area contributed by atoms with E-state index >= 15 is 0 Å². The quantitative estimate of drug-likeness (QED) is 0.774. The summed E-state index contributed by atoms with van der Waals surface area (Å²) in [6.45, 7) is 10.4. The standard InChI is InChI=1S/C18H25NO/c1-14(2)7-6-12-19-18(10-11-18)16-9-5-8-15(13-16)17(3,4)20/h5-9,13,19-20H,1,10-12H2,2-4H3/b7-6+. The molecule has 108 valence electrons. The zero-order valence-electron chi connectivity index (χ0n) is 12.7. The van der Waals surface area contributed by atoms with Crippen molar-refractivity contribution in [1.82, 2.24) is 5.32 Å². The average molecular weight is 271 g/mol. The topological polar surface area (TPSA) is 32.3 Å². The van der Waals surface area contributed by atoms with Crippen molar-refractivity contribution in [1.29, 1.82) is 0 Å². The van der Waals surface area contributed by atoms with Gasteiger partial charge in [0.05, 0.1) is 5.60 Å². The van der Waals surface area contributed by atoms with Gasteiger partial charge >= 0.3 is 0 Å². The Kier molecular flexibility index (Phi) is 4.17. The first kappa shape index (κ1) is 15.0. The predicted octanol–water partition coefficient (Wildman–Crippen LogP) is 3.63. The zero-order chi connectivity index (χ0) is 14.8. The van der Waals surface area contributed by atoms with Crippen LogP contribution in [0.5, 0.6) is 0 Å². The summed E-state index contributed by atoms with van der Waals surface area (Å²) in [4.78, 5) is 0. The van der Waals surface area contributed by atoms with E-state index in [1.165, 1.54) is 5.56 Å². The van der Waals surface area contributed by atoms with Gasteiger partial charge in [0.25, 0.3) is 0 Å². The van der Waals surface area contributed by atoms with E-state index in [1.54, 1.807) is 0 Å². The van der Waals surface area contributed by atoms with Gasteiger partial charge in [0, 0.05) is 12.1 Å². The first-order chi connectivity index (χ1) is 9.33. The van der Waals surface area contributed by atoms with Gasteiger partial charge < -0.3 is 10.4 Å². The van der Waals surface area contributed by atoms with Crippen LogP contribution in [0.1, 0.15) is 44.7 Å². The fraction of sp³-hybridized carbons (Fsp3) is 0.444. The lowest BCUT2D eigenvalue weighted by Gasteiger charge is -2.22. The van der Waals surface area contributed by atoms with Crippen molar-refractivity contribution in [2.45, 2.75) is 44.8 Å². The molecule has 0 spiro atoms. The molecule has 0 atom stereocenters. The molecule has 1 aliphatic carbocycles. The third kappa shape index (κ3) is 3.59. The molecule has 1 aliphatic rings. The van der Waals surface area contributed by atoms with Gasteiger partial charge in [-0.3, -0.25) is 0 Å². The molecule has 0 unspecified atom stereocenters. The second-order valence-electron chi connectivity index (χ2n) is 6.35. The van der Waals surface area contributed by atoms with Gasteiger partial charge in [0.15, 0.2) is 0 Å². The fourth-order valence-corrected chi connectivity index (χ4v) is 2.40. The Labute approximate surface area is 122 Å². The molecule has 0 aliphatic heterocycles. The van der Waals surface area contributed by atoms with Crippen molar-refractivity contribution in [3.63, 3.8) is 0 Å². The van der Waals surface area contributed by atoms with Crippen LogP contribution in [-0.4, -0.2) is 11.7 Å². The third-order valence-corrected chi connectivity index (χ3v) is 3.83. The summed E-state index contributed by atoms with van der Waals surface area (Å²) in [7, 11) is 0. The van der Waals surface area contributed by atoms with Gasteiger partial charge in [-0.1, -0.05) is 48.6 Å². The molecule has 0 aromatic heterocycles. The van der Waals surface area contributed by atoms with Crippen molar-refractivity contribution >= 4 is 0 Å². The molecule has 2 rings (SSSR count). The van der Waals surface area contributed by atoms with E-state index in [2.05, 4.69) is 30.1 Å². The average Bonchev–Trinajstić information content (AvgIpc) is 3.15. The lowest BCUT2D eigenvalue weighted by atomic mass is 9.93. The van der Waals surface area contributed by atoms with Crippen LogP contribution in [0.15, 0.2) is 48.6 Å². The minimum Gasteiger partial charge on any atom is -0.386 e. The molecule has 1 aromatic carbocycles. The van der Waals surface area contributed by atoms with Crippen molar-refractivity contribution in [2.24, 2.45) is 0 Å². The Balaban J connectivity index is 2.09. The third-order valence-electron chi connectivity index (χ3n) is 3.83. The van der Waals surface area contributed by atoms with Crippen LogP contribution in [0.2, 0.25) is 0 Å². The summed E-state index contributed by atoms with van der Waals surface area (Å²) in [6, 6.07) is 8.30. The highest BCUT2D eigenvalue weighted by Crippen LogP contribution is 2.46. The number of rotatable bonds is 6. The van der Waals surface area contributed by atoms with Crippen LogP contribution >= 0.6 is 0 Å². The minimum atomic E-state index is -0.786. The van der Waals surface area contributed by atoms with Gasteiger partial charge in [-0.25, -0.2) is 0 Å². The summed E-state index contributed by atoms with van der Waals surface area (Å²) in [5.74, 6) is 0.